The molecule has 0 bridgehead atoms. The quantitative estimate of drug-likeness (QED) is 0.900. The first-order valence-electron chi connectivity index (χ1n) is 6.82. The smallest absolute Gasteiger partial charge is 0.309 e. The molecule has 0 spiro atoms. The third-order valence-corrected chi connectivity index (χ3v) is 3.98. The second-order valence-corrected chi connectivity index (χ2v) is 5.19. The number of carboxylic acid groups (broad SMARTS) is 1. The van der Waals surface area contributed by atoms with Crippen LogP contribution in [0.5, 0.6) is 0 Å². The van der Waals surface area contributed by atoms with E-state index in [9.17, 15) is 9.90 Å². The molecule has 0 aromatic carbocycles. The van der Waals surface area contributed by atoms with Crippen LogP contribution < -0.4 is 4.90 Å². The van der Waals surface area contributed by atoms with Crippen molar-refractivity contribution in [1.29, 1.82) is 5.26 Å². The van der Waals surface area contributed by atoms with E-state index in [-0.39, 0.29) is 5.69 Å². The molecule has 0 atom stereocenters. The molecule has 2 heterocycles. The van der Waals surface area contributed by atoms with Crippen molar-refractivity contribution in [3.63, 3.8) is 0 Å². The molecule has 106 valence electrons. The molecule has 1 saturated heterocycles. The summed E-state index contributed by atoms with van der Waals surface area (Å²) in [5.41, 5.74) is -0.303. The first-order valence-corrected chi connectivity index (χ1v) is 6.82. The van der Waals surface area contributed by atoms with Crippen molar-refractivity contribution in [2.24, 2.45) is 5.41 Å². The van der Waals surface area contributed by atoms with Crippen LogP contribution >= 0.6 is 0 Å². The number of anilines is 1. The first kappa shape index (κ1) is 14.3. The molecule has 1 N–H and O–H groups in total. The van der Waals surface area contributed by atoms with E-state index in [4.69, 9.17) is 5.26 Å². The molecule has 0 unspecified atom stereocenters. The average Bonchev–Trinajstić information content (AvgIpc) is 2.48. The van der Waals surface area contributed by atoms with Gasteiger partial charge >= 0.3 is 5.97 Å². The number of carbonyl (C=O) groups is 1. The lowest BCUT2D eigenvalue weighted by atomic mass is 9.75. The molecule has 2 rings (SSSR count). The number of aliphatic carboxylic acids is 1. The lowest BCUT2D eigenvalue weighted by Crippen LogP contribution is -2.44. The van der Waals surface area contributed by atoms with Crippen LogP contribution in [-0.4, -0.2) is 34.1 Å². The van der Waals surface area contributed by atoms with Gasteiger partial charge < -0.3 is 10.0 Å². The fourth-order valence-corrected chi connectivity index (χ4v) is 2.76. The van der Waals surface area contributed by atoms with Crippen molar-refractivity contribution >= 4 is 11.8 Å². The zero-order chi connectivity index (χ0) is 14.6. The fourth-order valence-electron chi connectivity index (χ4n) is 2.76. The van der Waals surface area contributed by atoms with Gasteiger partial charge in [-0.3, -0.25) is 4.79 Å². The zero-order valence-corrected chi connectivity index (χ0v) is 11.5. The second kappa shape index (κ2) is 5.87. The van der Waals surface area contributed by atoms with Crippen LogP contribution in [0.1, 0.15) is 38.3 Å². The molecule has 0 aliphatic carbocycles. The highest BCUT2D eigenvalue weighted by atomic mass is 16.4. The predicted octanol–water partition coefficient (Wildman–Crippen LogP) is 1.82. The molecule has 20 heavy (non-hydrogen) atoms. The van der Waals surface area contributed by atoms with Crippen molar-refractivity contribution in [2.45, 2.75) is 32.6 Å². The van der Waals surface area contributed by atoms with Crippen molar-refractivity contribution in [1.82, 2.24) is 9.97 Å². The number of carboxylic acids is 1. The van der Waals surface area contributed by atoms with Crippen LogP contribution in [0.4, 0.5) is 5.82 Å². The van der Waals surface area contributed by atoms with E-state index in [0.717, 1.165) is 12.8 Å². The highest BCUT2D eigenvalue weighted by Gasteiger charge is 2.40. The Balaban J connectivity index is 2.06. The summed E-state index contributed by atoms with van der Waals surface area (Å²) in [5, 5.41) is 18.2. The van der Waals surface area contributed by atoms with Gasteiger partial charge in [0.1, 0.15) is 11.9 Å². The van der Waals surface area contributed by atoms with Gasteiger partial charge in [-0.1, -0.05) is 13.3 Å². The number of piperidine rings is 1. The number of rotatable bonds is 4. The Kier molecular flexibility index (Phi) is 4.18. The Labute approximate surface area is 118 Å². The first-order chi connectivity index (χ1) is 9.61. The number of hydrogen-bond donors (Lipinski definition) is 1. The van der Waals surface area contributed by atoms with Gasteiger partial charge in [0.05, 0.1) is 17.8 Å². The lowest BCUT2D eigenvalue weighted by molar-refractivity contribution is -0.150. The van der Waals surface area contributed by atoms with Crippen LogP contribution in [0.25, 0.3) is 0 Å². The molecule has 1 fully saturated rings. The monoisotopic (exact) mass is 274 g/mol. The fraction of sp³-hybridized carbons (Fsp3) is 0.571. The van der Waals surface area contributed by atoms with E-state index in [1.54, 1.807) is 6.20 Å². The Morgan fingerprint density at radius 1 is 1.45 bits per heavy atom. The van der Waals surface area contributed by atoms with Gasteiger partial charge in [-0.2, -0.15) is 5.26 Å². The maximum Gasteiger partial charge on any atom is 0.309 e. The summed E-state index contributed by atoms with van der Waals surface area (Å²) in [5.74, 6) is 0.0180. The summed E-state index contributed by atoms with van der Waals surface area (Å²) in [4.78, 5) is 21.7. The molecule has 1 aliphatic rings. The summed E-state index contributed by atoms with van der Waals surface area (Å²) >= 11 is 0. The summed E-state index contributed by atoms with van der Waals surface area (Å²) in [7, 11) is 0. The molecule has 0 amide bonds. The summed E-state index contributed by atoms with van der Waals surface area (Å²) in [6, 6.07) is 1.93. The van der Waals surface area contributed by atoms with E-state index >= 15 is 0 Å². The van der Waals surface area contributed by atoms with Crippen LogP contribution in [0.2, 0.25) is 0 Å². The van der Waals surface area contributed by atoms with Gasteiger partial charge in [-0.05, 0) is 19.3 Å². The van der Waals surface area contributed by atoms with Crippen molar-refractivity contribution < 1.29 is 9.90 Å². The maximum absolute atomic E-state index is 11.5. The topological polar surface area (TPSA) is 90.1 Å². The average molecular weight is 274 g/mol. The normalized spacial score (nSPS) is 17.5. The molecule has 1 aromatic heterocycles. The van der Waals surface area contributed by atoms with Crippen LogP contribution in [0.15, 0.2) is 12.4 Å². The van der Waals surface area contributed by atoms with Gasteiger partial charge in [0.15, 0.2) is 5.69 Å². The van der Waals surface area contributed by atoms with Gasteiger partial charge in [0.25, 0.3) is 0 Å². The SMILES string of the molecule is CCCC1(C(=O)O)CCN(c2cnc(C#N)cn2)CC1. The van der Waals surface area contributed by atoms with E-state index in [0.29, 0.717) is 31.7 Å². The molecule has 1 aliphatic heterocycles. The van der Waals surface area contributed by atoms with E-state index in [2.05, 4.69) is 9.97 Å². The second-order valence-electron chi connectivity index (χ2n) is 5.19. The zero-order valence-electron chi connectivity index (χ0n) is 11.5. The van der Waals surface area contributed by atoms with Gasteiger partial charge in [-0.15, -0.1) is 0 Å². The maximum atomic E-state index is 11.5. The number of nitriles is 1. The van der Waals surface area contributed by atoms with Crippen LogP contribution in [-0.2, 0) is 4.79 Å². The largest absolute Gasteiger partial charge is 0.481 e. The highest BCUT2D eigenvalue weighted by Crippen LogP contribution is 2.37. The molecule has 0 saturated carbocycles. The van der Waals surface area contributed by atoms with E-state index in [1.165, 1.54) is 6.20 Å². The Morgan fingerprint density at radius 2 is 2.15 bits per heavy atom. The van der Waals surface area contributed by atoms with E-state index in [1.807, 2.05) is 17.9 Å². The van der Waals surface area contributed by atoms with Crippen LogP contribution in [0, 0.1) is 16.7 Å². The molecule has 1 aromatic rings. The highest BCUT2D eigenvalue weighted by molar-refractivity contribution is 5.75. The molecular weight excluding hydrogens is 256 g/mol. The molecule has 6 nitrogen and oxygen atoms in total. The van der Waals surface area contributed by atoms with Crippen molar-refractivity contribution in [3.05, 3.63) is 18.1 Å². The predicted molar refractivity (Wildman–Crippen MR) is 73.2 cm³/mol. The Hall–Kier alpha value is -2.16. The van der Waals surface area contributed by atoms with E-state index < -0.39 is 11.4 Å². The molecular formula is C14H18N4O2. The summed E-state index contributed by atoms with van der Waals surface area (Å²) in [6.45, 7) is 3.34. The summed E-state index contributed by atoms with van der Waals surface area (Å²) in [6.07, 6.45) is 5.86. The minimum atomic E-state index is -0.690. The number of aromatic nitrogens is 2. The van der Waals surface area contributed by atoms with Gasteiger partial charge in [-0.25, -0.2) is 9.97 Å². The Bertz CT molecular complexity index is 513. The standard InChI is InChI=1S/C14H18N4O2/c1-2-3-14(13(19)20)4-6-18(7-5-14)12-10-16-11(8-15)9-17-12/h9-10H,2-7H2,1H3,(H,19,20). The third-order valence-electron chi connectivity index (χ3n) is 3.98. The van der Waals surface area contributed by atoms with Gasteiger partial charge in [0, 0.05) is 13.1 Å². The number of nitrogens with zero attached hydrogens (tertiary/aromatic N) is 4. The Morgan fingerprint density at radius 3 is 2.60 bits per heavy atom. The van der Waals surface area contributed by atoms with Crippen molar-refractivity contribution in [3.8, 4) is 6.07 Å². The molecule has 6 heteroatoms. The minimum absolute atomic E-state index is 0.289. The lowest BCUT2D eigenvalue weighted by Gasteiger charge is -2.39. The van der Waals surface area contributed by atoms with Gasteiger partial charge in [0.2, 0.25) is 0 Å². The third kappa shape index (κ3) is 2.72. The number of hydrogen-bond acceptors (Lipinski definition) is 5. The minimum Gasteiger partial charge on any atom is -0.481 e. The van der Waals surface area contributed by atoms with Crippen LogP contribution in [0.3, 0.4) is 0 Å². The van der Waals surface area contributed by atoms with Crippen molar-refractivity contribution in [2.75, 3.05) is 18.0 Å². The molecule has 0 radical (unpaired) electrons. The summed E-state index contributed by atoms with van der Waals surface area (Å²) < 4.78 is 0.